The largest absolute Gasteiger partial charge is 0.481 e. The summed E-state index contributed by atoms with van der Waals surface area (Å²) < 4.78 is 0. The van der Waals surface area contributed by atoms with Crippen LogP contribution in [0.2, 0.25) is 5.02 Å². The molecule has 25 heavy (non-hydrogen) atoms. The van der Waals surface area contributed by atoms with Gasteiger partial charge in [-0.05, 0) is 49.9 Å². The third kappa shape index (κ3) is 3.21. The minimum Gasteiger partial charge on any atom is -0.481 e. The molecular weight excluding hydrogens is 340 g/mol. The molecule has 2 aliphatic carbocycles. The van der Waals surface area contributed by atoms with Crippen LogP contribution in [0.15, 0.2) is 24.3 Å². The van der Waals surface area contributed by atoms with E-state index in [0.717, 1.165) is 30.5 Å². The molecule has 1 aromatic heterocycles. The van der Waals surface area contributed by atoms with E-state index in [-0.39, 0.29) is 11.9 Å². The maximum atomic E-state index is 12.9. The SMILES string of the molecule is O=C(N[C@H]1CCC[C@H]1C(=O)O)c1cc(C2CC2)nc2ccc(Cl)cc12. The number of amides is 1. The Hall–Kier alpha value is -2.14. The summed E-state index contributed by atoms with van der Waals surface area (Å²) in [4.78, 5) is 28.9. The van der Waals surface area contributed by atoms with Gasteiger partial charge in [0.15, 0.2) is 0 Å². The van der Waals surface area contributed by atoms with Gasteiger partial charge in [0.25, 0.3) is 5.91 Å². The monoisotopic (exact) mass is 358 g/mol. The highest BCUT2D eigenvalue weighted by Crippen LogP contribution is 2.40. The van der Waals surface area contributed by atoms with E-state index in [9.17, 15) is 14.7 Å². The van der Waals surface area contributed by atoms with Crippen molar-refractivity contribution in [2.75, 3.05) is 0 Å². The van der Waals surface area contributed by atoms with Gasteiger partial charge in [0, 0.05) is 28.1 Å². The number of hydrogen-bond acceptors (Lipinski definition) is 3. The number of nitrogens with one attached hydrogen (secondary N) is 1. The average Bonchev–Trinajstić information content (AvgIpc) is 3.33. The molecule has 2 fully saturated rings. The van der Waals surface area contributed by atoms with E-state index in [1.165, 1.54) is 0 Å². The van der Waals surface area contributed by atoms with Gasteiger partial charge in [-0.1, -0.05) is 18.0 Å². The zero-order chi connectivity index (χ0) is 17.6. The number of hydrogen-bond donors (Lipinski definition) is 2. The van der Waals surface area contributed by atoms with Crippen molar-refractivity contribution in [3.63, 3.8) is 0 Å². The number of carbonyl (C=O) groups is 2. The maximum Gasteiger partial charge on any atom is 0.308 e. The molecule has 6 heteroatoms. The van der Waals surface area contributed by atoms with Crippen molar-refractivity contribution in [3.8, 4) is 0 Å². The number of pyridine rings is 1. The van der Waals surface area contributed by atoms with Gasteiger partial charge in [0.2, 0.25) is 0 Å². The van der Waals surface area contributed by atoms with Crippen LogP contribution in [0.3, 0.4) is 0 Å². The van der Waals surface area contributed by atoms with Crippen molar-refractivity contribution in [1.29, 1.82) is 0 Å². The fraction of sp³-hybridized carbons (Fsp3) is 0.421. The first kappa shape index (κ1) is 16.3. The van der Waals surface area contributed by atoms with Gasteiger partial charge in [-0.25, -0.2) is 0 Å². The van der Waals surface area contributed by atoms with Crippen LogP contribution in [0.5, 0.6) is 0 Å². The highest BCUT2D eigenvalue weighted by atomic mass is 35.5. The Balaban J connectivity index is 1.70. The number of fused-ring (bicyclic) bond motifs is 1. The van der Waals surface area contributed by atoms with E-state index >= 15 is 0 Å². The van der Waals surface area contributed by atoms with E-state index in [1.54, 1.807) is 12.1 Å². The molecule has 0 radical (unpaired) electrons. The molecule has 2 aliphatic rings. The molecule has 2 N–H and O–H groups in total. The highest BCUT2D eigenvalue weighted by molar-refractivity contribution is 6.31. The topological polar surface area (TPSA) is 79.3 Å². The summed E-state index contributed by atoms with van der Waals surface area (Å²) in [6.45, 7) is 0. The third-order valence-corrected chi connectivity index (χ3v) is 5.42. The molecular formula is C19H19ClN2O3. The van der Waals surface area contributed by atoms with Crippen LogP contribution >= 0.6 is 11.6 Å². The first-order valence-electron chi connectivity index (χ1n) is 8.67. The number of aliphatic carboxylic acids is 1. The lowest BCUT2D eigenvalue weighted by Crippen LogP contribution is -2.40. The number of carboxylic acids is 1. The number of halogens is 1. The number of nitrogens with zero attached hydrogens (tertiary/aromatic N) is 1. The Bertz CT molecular complexity index is 863. The lowest BCUT2D eigenvalue weighted by molar-refractivity contribution is -0.142. The summed E-state index contributed by atoms with van der Waals surface area (Å²) >= 11 is 6.11. The fourth-order valence-electron chi connectivity index (χ4n) is 3.67. The normalized spacial score (nSPS) is 22.9. The summed E-state index contributed by atoms with van der Waals surface area (Å²) in [7, 11) is 0. The van der Waals surface area contributed by atoms with Crippen LogP contribution in [0.4, 0.5) is 0 Å². The maximum absolute atomic E-state index is 12.9. The molecule has 0 aliphatic heterocycles. The molecule has 5 nitrogen and oxygen atoms in total. The van der Waals surface area contributed by atoms with E-state index in [4.69, 9.17) is 11.6 Å². The third-order valence-electron chi connectivity index (χ3n) is 5.18. The number of carboxylic acid groups (broad SMARTS) is 1. The molecule has 2 atom stereocenters. The predicted octanol–water partition coefficient (Wildman–Crippen LogP) is 3.75. The van der Waals surface area contributed by atoms with Crippen molar-refractivity contribution in [1.82, 2.24) is 10.3 Å². The summed E-state index contributed by atoms with van der Waals surface area (Å²) in [5.74, 6) is -1.17. The highest BCUT2D eigenvalue weighted by Gasteiger charge is 2.34. The van der Waals surface area contributed by atoms with E-state index in [1.807, 2.05) is 12.1 Å². The fourth-order valence-corrected chi connectivity index (χ4v) is 3.84. The van der Waals surface area contributed by atoms with Crippen molar-refractivity contribution in [2.45, 2.75) is 44.1 Å². The van der Waals surface area contributed by atoms with E-state index < -0.39 is 11.9 Å². The lowest BCUT2D eigenvalue weighted by atomic mass is 10.0. The quantitative estimate of drug-likeness (QED) is 0.872. The van der Waals surface area contributed by atoms with Gasteiger partial charge in [0.1, 0.15) is 0 Å². The molecule has 4 rings (SSSR count). The molecule has 130 valence electrons. The zero-order valence-electron chi connectivity index (χ0n) is 13.7. The minimum atomic E-state index is -0.843. The van der Waals surface area contributed by atoms with E-state index in [2.05, 4.69) is 10.3 Å². The Morgan fingerprint density at radius 2 is 1.96 bits per heavy atom. The van der Waals surface area contributed by atoms with Crippen molar-refractivity contribution >= 4 is 34.4 Å². The first-order chi connectivity index (χ1) is 12.0. The molecule has 0 saturated heterocycles. The van der Waals surface area contributed by atoms with E-state index in [0.29, 0.717) is 34.7 Å². The van der Waals surface area contributed by atoms with Gasteiger partial charge in [-0.15, -0.1) is 0 Å². The van der Waals surface area contributed by atoms with Gasteiger partial charge in [0.05, 0.1) is 17.0 Å². The zero-order valence-corrected chi connectivity index (χ0v) is 14.4. The summed E-state index contributed by atoms with van der Waals surface area (Å²) in [6.07, 6.45) is 4.31. The molecule has 0 spiro atoms. The number of benzene rings is 1. The average molecular weight is 359 g/mol. The Kier molecular flexibility index (Phi) is 4.12. The van der Waals surface area contributed by atoms with Crippen LogP contribution in [-0.4, -0.2) is 28.0 Å². The molecule has 0 bridgehead atoms. The van der Waals surface area contributed by atoms with Gasteiger partial charge in [-0.2, -0.15) is 0 Å². The van der Waals surface area contributed by atoms with Crippen molar-refractivity contribution in [2.24, 2.45) is 5.92 Å². The Labute approximate surface area is 150 Å². The van der Waals surface area contributed by atoms with Gasteiger partial charge >= 0.3 is 5.97 Å². The Morgan fingerprint density at radius 1 is 1.16 bits per heavy atom. The second kappa shape index (κ2) is 6.30. The molecule has 0 unspecified atom stereocenters. The van der Waals surface area contributed by atoms with Crippen molar-refractivity contribution < 1.29 is 14.7 Å². The lowest BCUT2D eigenvalue weighted by Gasteiger charge is -2.18. The summed E-state index contributed by atoms with van der Waals surface area (Å²) in [5, 5.41) is 13.5. The predicted molar refractivity (Wildman–Crippen MR) is 95.0 cm³/mol. The van der Waals surface area contributed by atoms with Crippen LogP contribution in [0.25, 0.3) is 10.9 Å². The number of carbonyl (C=O) groups excluding carboxylic acids is 1. The van der Waals surface area contributed by atoms with Gasteiger partial charge < -0.3 is 10.4 Å². The van der Waals surface area contributed by atoms with Crippen molar-refractivity contribution in [3.05, 3.63) is 40.5 Å². The minimum absolute atomic E-state index is 0.241. The molecule has 2 saturated carbocycles. The standard InChI is InChI=1S/C19H19ClN2O3/c20-11-6-7-16-13(8-11)14(9-17(21-16)10-4-5-10)18(23)22-15-3-1-2-12(15)19(24)25/h6-10,12,15H,1-5H2,(H,22,23)(H,24,25)/t12-,15+/m1/s1. The Morgan fingerprint density at radius 3 is 2.68 bits per heavy atom. The first-order valence-corrected chi connectivity index (χ1v) is 9.04. The summed E-state index contributed by atoms with van der Waals surface area (Å²) in [6, 6.07) is 6.87. The molecule has 1 aromatic carbocycles. The van der Waals surface area contributed by atoms with Gasteiger partial charge in [-0.3, -0.25) is 14.6 Å². The smallest absolute Gasteiger partial charge is 0.308 e. The number of rotatable bonds is 4. The second-order valence-electron chi connectivity index (χ2n) is 6.99. The van der Waals surface area contributed by atoms with Crippen LogP contribution < -0.4 is 5.32 Å². The molecule has 1 amide bonds. The molecule has 1 heterocycles. The van der Waals surface area contributed by atoms with Crippen LogP contribution in [-0.2, 0) is 4.79 Å². The van der Waals surface area contributed by atoms with Crippen LogP contribution in [0, 0.1) is 5.92 Å². The second-order valence-corrected chi connectivity index (χ2v) is 7.42. The van der Waals surface area contributed by atoms with Crippen LogP contribution in [0.1, 0.15) is 54.1 Å². The molecule has 2 aromatic rings. The number of aromatic nitrogens is 1. The summed E-state index contributed by atoms with van der Waals surface area (Å²) in [5.41, 5.74) is 2.21.